The Labute approximate surface area is 96.0 Å². The maximum atomic E-state index is 11.5. The standard InChI is InChI=1S/C12H19NO3/c1-5-6-9-11(12(14)15-4)16-10(13-9)7-8(2)3/h8H,5-7H2,1-4H3. The van der Waals surface area contributed by atoms with E-state index in [2.05, 4.69) is 23.6 Å². The van der Waals surface area contributed by atoms with E-state index in [4.69, 9.17) is 4.42 Å². The zero-order valence-corrected chi connectivity index (χ0v) is 10.4. The highest BCUT2D eigenvalue weighted by molar-refractivity contribution is 5.87. The predicted molar refractivity (Wildman–Crippen MR) is 60.4 cm³/mol. The highest BCUT2D eigenvalue weighted by atomic mass is 16.5. The summed E-state index contributed by atoms with van der Waals surface area (Å²) in [4.78, 5) is 15.8. The summed E-state index contributed by atoms with van der Waals surface area (Å²) in [6.45, 7) is 6.21. The molecular formula is C12H19NO3. The number of nitrogens with zero attached hydrogens (tertiary/aromatic N) is 1. The lowest BCUT2D eigenvalue weighted by Gasteiger charge is -1.97. The minimum Gasteiger partial charge on any atom is -0.463 e. The number of ether oxygens (including phenoxy) is 1. The number of rotatable bonds is 5. The Kier molecular flexibility index (Phi) is 4.52. The van der Waals surface area contributed by atoms with Crippen LogP contribution in [0.4, 0.5) is 0 Å². The van der Waals surface area contributed by atoms with E-state index in [1.165, 1.54) is 7.11 Å². The molecule has 4 nitrogen and oxygen atoms in total. The van der Waals surface area contributed by atoms with Crippen molar-refractivity contribution in [2.75, 3.05) is 7.11 Å². The average molecular weight is 225 g/mol. The van der Waals surface area contributed by atoms with Crippen LogP contribution in [0.5, 0.6) is 0 Å². The van der Waals surface area contributed by atoms with E-state index in [1.807, 2.05) is 6.92 Å². The van der Waals surface area contributed by atoms with E-state index in [1.54, 1.807) is 0 Å². The van der Waals surface area contributed by atoms with Gasteiger partial charge in [0.2, 0.25) is 5.76 Å². The van der Waals surface area contributed by atoms with Gasteiger partial charge in [-0.1, -0.05) is 27.2 Å². The first-order chi connectivity index (χ1) is 7.58. The summed E-state index contributed by atoms with van der Waals surface area (Å²) in [6.07, 6.45) is 2.41. The summed E-state index contributed by atoms with van der Waals surface area (Å²) in [5, 5.41) is 0. The zero-order valence-electron chi connectivity index (χ0n) is 10.4. The van der Waals surface area contributed by atoms with Gasteiger partial charge in [-0.25, -0.2) is 9.78 Å². The number of hydrogen-bond donors (Lipinski definition) is 0. The van der Waals surface area contributed by atoms with Crippen molar-refractivity contribution in [1.82, 2.24) is 4.98 Å². The first kappa shape index (κ1) is 12.7. The smallest absolute Gasteiger partial charge is 0.375 e. The largest absolute Gasteiger partial charge is 0.463 e. The van der Waals surface area contributed by atoms with Crippen LogP contribution >= 0.6 is 0 Å². The fourth-order valence-electron chi connectivity index (χ4n) is 1.50. The van der Waals surface area contributed by atoms with Gasteiger partial charge in [0.15, 0.2) is 5.89 Å². The molecule has 90 valence electrons. The molecule has 1 aromatic heterocycles. The van der Waals surface area contributed by atoms with Gasteiger partial charge in [-0.3, -0.25) is 0 Å². The Morgan fingerprint density at radius 3 is 2.69 bits per heavy atom. The SMILES string of the molecule is CCCc1nc(CC(C)C)oc1C(=O)OC. The van der Waals surface area contributed by atoms with Crippen molar-refractivity contribution >= 4 is 5.97 Å². The minimum atomic E-state index is -0.439. The third kappa shape index (κ3) is 3.08. The summed E-state index contributed by atoms with van der Waals surface area (Å²) >= 11 is 0. The van der Waals surface area contributed by atoms with Gasteiger partial charge < -0.3 is 9.15 Å². The number of methoxy groups -OCH3 is 1. The summed E-state index contributed by atoms with van der Waals surface area (Å²) in [5.74, 6) is 0.906. The Morgan fingerprint density at radius 2 is 2.19 bits per heavy atom. The summed E-state index contributed by atoms with van der Waals surface area (Å²) in [7, 11) is 1.35. The summed E-state index contributed by atoms with van der Waals surface area (Å²) in [5.41, 5.74) is 0.713. The Hall–Kier alpha value is -1.32. The number of aromatic nitrogens is 1. The van der Waals surface area contributed by atoms with E-state index in [-0.39, 0.29) is 5.76 Å². The van der Waals surface area contributed by atoms with Crippen LogP contribution < -0.4 is 0 Å². The Morgan fingerprint density at radius 1 is 1.50 bits per heavy atom. The lowest BCUT2D eigenvalue weighted by atomic mass is 10.1. The molecule has 0 N–H and O–H groups in total. The number of esters is 1. The predicted octanol–water partition coefficient (Wildman–Crippen LogP) is 2.61. The molecule has 0 saturated carbocycles. The number of hydrogen-bond acceptors (Lipinski definition) is 4. The molecule has 0 amide bonds. The lowest BCUT2D eigenvalue weighted by Crippen LogP contribution is -2.03. The van der Waals surface area contributed by atoms with Gasteiger partial charge in [0.25, 0.3) is 0 Å². The van der Waals surface area contributed by atoms with Crippen molar-refractivity contribution in [2.45, 2.75) is 40.0 Å². The second-order valence-corrected chi connectivity index (χ2v) is 4.22. The van der Waals surface area contributed by atoms with E-state index in [0.717, 1.165) is 19.3 Å². The number of oxazole rings is 1. The van der Waals surface area contributed by atoms with Crippen LogP contribution in [0.25, 0.3) is 0 Å². The van der Waals surface area contributed by atoms with Gasteiger partial charge in [0.1, 0.15) is 0 Å². The fourth-order valence-corrected chi connectivity index (χ4v) is 1.50. The van der Waals surface area contributed by atoms with Crippen LogP contribution in [0.2, 0.25) is 0 Å². The molecule has 0 saturated heterocycles. The molecular weight excluding hydrogens is 206 g/mol. The molecule has 0 aliphatic heterocycles. The molecule has 0 unspecified atom stereocenters. The Balaban J connectivity index is 2.95. The van der Waals surface area contributed by atoms with Gasteiger partial charge in [-0.15, -0.1) is 0 Å². The van der Waals surface area contributed by atoms with Crippen LogP contribution in [0, 0.1) is 5.92 Å². The second-order valence-electron chi connectivity index (χ2n) is 4.22. The van der Waals surface area contributed by atoms with Gasteiger partial charge >= 0.3 is 5.97 Å². The van der Waals surface area contributed by atoms with Crippen molar-refractivity contribution < 1.29 is 13.9 Å². The molecule has 4 heteroatoms. The molecule has 0 spiro atoms. The monoisotopic (exact) mass is 225 g/mol. The number of carbonyl (C=O) groups excluding carboxylic acids is 1. The molecule has 0 aromatic carbocycles. The molecule has 0 aliphatic carbocycles. The van der Waals surface area contributed by atoms with E-state index < -0.39 is 5.97 Å². The summed E-state index contributed by atoms with van der Waals surface area (Å²) < 4.78 is 10.1. The average Bonchev–Trinajstić information content (AvgIpc) is 2.59. The van der Waals surface area contributed by atoms with Crippen LogP contribution in [0.3, 0.4) is 0 Å². The van der Waals surface area contributed by atoms with E-state index in [9.17, 15) is 4.79 Å². The minimum absolute atomic E-state index is 0.264. The summed E-state index contributed by atoms with van der Waals surface area (Å²) in [6, 6.07) is 0. The van der Waals surface area contributed by atoms with Gasteiger partial charge in [0, 0.05) is 6.42 Å². The first-order valence-corrected chi connectivity index (χ1v) is 5.65. The maximum Gasteiger partial charge on any atom is 0.375 e. The third-order valence-corrected chi connectivity index (χ3v) is 2.18. The van der Waals surface area contributed by atoms with Crippen molar-refractivity contribution in [3.63, 3.8) is 0 Å². The normalized spacial score (nSPS) is 10.8. The number of aryl methyl sites for hydroxylation is 1. The van der Waals surface area contributed by atoms with Crippen LogP contribution in [-0.4, -0.2) is 18.1 Å². The molecule has 0 fully saturated rings. The van der Waals surface area contributed by atoms with Crippen molar-refractivity contribution in [3.8, 4) is 0 Å². The van der Waals surface area contributed by atoms with Gasteiger partial charge in [-0.2, -0.15) is 0 Å². The molecule has 1 heterocycles. The molecule has 0 radical (unpaired) electrons. The van der Waals surface area contributed by atoms with E-state index in [0.29, 0.717) is 17.5 Å². The van der Waals surface area contributed by atoms with Gasteiger partial charge in [-0.05, 0) is 12.3 Å². The molecule has 0 atom stereocenters. The highest BCUT2D eigenvalue weighted by Gasteiger charge is 2.20. The molecule has 0 aliphatic rings. The fraction of sp³-hybridized carbons (Fsp3) is 0.667. The van der Waals surface area contributed by atoms with Crippen molar-refractivity contribution in [3.05, 3.63) is 17.3 Å². The third-order valence-electron chi connectivity index (χ3n) is 2.18. The number of carbonyl (C=O) groups is 1. The first-order valence-electron chi connectivity index (χ1n) is 5.65. The quantitative estimate of drug-likeness (QED) is 0.723. The molecule has 16 heavy (non-hydrogen) atoms. The van der Waals surface area contributed by atoms with E-state index >= 15 is 0 Å². The topological polar surface area (TPSA) is 52.3 Å². The second kappa shape index (κ2) is 5.68. The highest BCUT2D eigenvalue weighted by Crippen LogP contribution is 2.16. The lowest BCUT2D eigenvalue weighted by molar-refractivity contribution is 0.0561. The van der Waals surface area contributed by atoms with Crippen LogP contribution in [-0.2, 0) is 17.6 Å². The maximum absolute atomic E-state index is 11.5. The van der Waals surface area contributed by atoms with Crippen LogP contribution in [0.15, 0.2) is 4.42 Å². The molecule has 1 aromatic rings. The van der Waals surface area contributed by atoms with Crippen molar-refractivity contribution in [2.24, 2.45) is 5.92 Å². The molecule has 0 bridgehead atoms. The van der Waals surface area contributed by atoms with Crippen LogP contribution in [0.1, 0.15) is 49.3 Å². The molecule has 1 rings (SSSR count). The Bertz CT molecular complexity index is 355. The van der Waals surface area contributed by atoms with Gasteiger partial charge in [0.05, 0.1) is 12.8 Å². The van der Waals surface area contributed by atoms with Crippen molar-refractivity contribution in [1.29, 1.82) is 0 Å². The zero-order chi connectivity index (χ0) is 12.1.